The zero-order valence-electron chi connectivity index (χ0n) is 22.5. The highest BCUT2D eigenvalue weighted by Gasteiger charge is 2.60. The third-order valence-electron chi connectivity index (χ3n) is 5.90. The highest BCUT2D eigenvalue weighted by molar-refractivity contribution is 5.70. The van der Waals surface area contributed by atoms with Gasteiger partial charge in [-0.25, -0.2) is 4.79 Å². The predicted molar refractivity (Wildman–Crippen MR) is 128 cm³/mol. The summed E-state index contributed by atoms with van der Waals surface area (Å²) in [5.41, 5.74) is -1.14. The summed E-state index contributed by atoms with van der Waals surface area (Å²) in [6.07, 6.45) is -21.1. The van der Waals surface area contributed by atoms with Gasteiger partial charge in [0.1, 0.15) is 12.1 Å². The molecule has 1 amide bonds. The van der Waals surface area contributed by atoms with Gasteiger partial charge < -0.3 is 14.4 Å². The summed E-state index contributed by atoms with van der Waals surface area (Å²) in [6.45, 7) is 4.09. The van der Waals surface area contributed by atoms with E-state index in [4.69, 9.17) is 4.74 Å². The van der Waals surface area contributed by atoms with Gasteiger partial charge in [0, 0.05) is 44.5 Å². The van der Waals surface area contributed by atoms with Crippen LogP contribution in [0, 0.1) is 0 Å². The van der Waals surface area contributed by atoms with E-state index in [2.05, 4.69) is 9.84 Å². The monoisotopic (exact) mass is 618 g/mol. The SMILES string of the molecule is CC(C)(C)OC(=O)Cn1ccc(-c2cc(C(F)(F)F)ccc2CN2CCN(C(=O)OC(C(F)(F)F)C(F)(F)F)CC2)n1. The number of amides is 1. The number of aromatic nitrogens is 2. The smallest absolute Gasteiger partial charge is 0.434 e. The summed E-state index contributed by atoms with van der Waals surface area (Å²) in [5, 5.41) is 4.21. The lowest BCUT2D eigenvalue weighted by molar-refractivity contribution is -0.308. The molecule has 1 fully saturated rings. The van der Waals surface area contributed by atoms with E-state index in [0.717, 1.165) is 12.1 Å². The van der Waals surface area contributed by atoms with Crippen molar-refractivity contribution in [1.82, 2.24) is 19.6 Å². The molecule has 0 bridgehead atoms. The minimum atomic E-state index is -5.85. The molecule has 2 aromatic rings. The first kappa shape index (κ1) is 33.0. The quantitative estimate of drug-likeness (QED) is 0.308. The largest absolute Gasteiger partial charge is 0.459 e. The topological polar surface area (TPSA) is 76.9 Å². The number of carbonyl (C=O) groups excluding carboxylic acids is 2. The average molecular weight is 618 g/mol. The number of piperazine rings is 1. The van der Waals surface area contributed by atoms with Crippen LogP contribution in [0.15, 0.2) is 30.5 Å². The molecule has 1 aliphatic rings. The van der Waals surface area contributed by atoms with Gasteiger partial charge in [-0.1, -0.05) is 6.07 Å². The molecule has 0 saturated carbocycles. The fourth-order valence-corrected chi connectivity index (χ4v) is 4.05. The number of hydrogen-bond donors (Lipinski definition) is 0. The Hall–Kier alpha value is -3.50. The van der Waals surface area contributed by atoms with E-state index in [1.807, 2.05) is 0 Å². The first-order valence-corrected chi connectivity index (χ1v) is 12.4. The van der Waals surface area contributed by atoms with E-state index in [1.165, 1.54) is 23.0 Å². The Labute approximate surface area is 233 Å². The molecular weight excluding hydrogens is 591 g/mol. The fraction of sp³-hybridized carbons (Fsp3) is 0.560. The number of alkyl halides is 9. The Kier molecular flexibility index (Phi) is 9.44. The van der Waals surface area contributed by atoms with Crippen LogP contribution in [0.25, 0.3) is 11.3 Å². The van der Waals surface area contributed by atoms with Crippen molar-refractivity contribution in [3.8, 4) is 11.3 Å². The van der Waals surface area contributed by atoms with Gasteiger partial charge in [0.15, 0.2) is 0 Å². The van der Waals surface area contributed by atoms with E-state index in [0.29, 0.717) is 10.5 Å². The molecule has 42 heavy (non-hydrogen) atoms. The van der Waals surface area contributed by atoms with Crippen molar-refractivity contribution in [3.63, 3.8) is 0 Å². The second-order valence-electron chi connectivity index (χ2n) is 10.5. The molecule has 17 heteroatoms. The molecule has 1 aromatic carbocycles. The molecule has 0 unspecified atom stereocenters. The van der Waals surface area contributed by atoms with Gasteiger partial charge in [0.05, 0.1) is 11.3 Å². The highest BCUT2D eigenvalue weighted by Crippen LogP contribution is 2.37. The highest BCUT2D eigenvalue weighted by atomic mass is 19.4. The minimum absolute atomic E-state index is 0.0169. The predicted octanol–water partition coefficient (Wildman–Crippen LogP) is 5.66. The van der Waals surface area contributed by atoms with Crippen LogP contribution in [0.4, 0.5) is 44.3 Å². The summed E-state index contributed by atoms with van der Waals surface area (Å²) in [5.74, 6) is -0.616. The molecule has 8 nitrogen and oxygen atoms in total. The van der Waals surface area contributed by atoms with Crippen LogP contribution in [0.2, 0.25) is 0 Å². The number of halogens is 9. The first-order chi connectivity index (χ1) is 19.1. The van der Waals surface area contributed by atoms with Crippen LogP contribution in [-0.4, -0.2) is 81.9 Å². The molecular formula is C25H27F9N4O4. The normalized spacial score (nSPS) is 15.7. The van der Waals surface area contributed by atoms with Crippen molar-refractivity contribution in [3.05, 3.63) is 41.6 Å². The molecule has 234 valence electrons. The molecule has 0 aliphatic carbocycles. The number of hydrogen-bond acceptors (Lipinski definition) is 6. The Morgan fingerprint density at radius 1 is 0.905 bits per heavy atom. The van der Waals surface area contributed by atoms with Gasteiger partial charge in [-0.05, 0) is 44.5 Å². The van der Waals surface area contributed by atoms with E-state index >= 15 is 0 Å². The van der Waals surface area contributed by atoms with E-state index in [-0.39, 0.29) is 50.5 Å². The fourth-order valence-electron chi connectivity index (χ4n) is 4.05. The Bertz CT molecular complexity index is 1240. The van der Waals surface area contributed by atoms with Crippen molar-refractivity contribution in [1.29, 1.82) is 0 Å². The van der Waals surface area contributed by atoms with Crippen molar-refractivity contribution in [2.24, 2.45) is 0 Å². The average Bonchev–Trinajstić information content (AvgIpc) is 3.27. The lowest BCUT2D eigenvalue weighted by atomic mass is 10.00. The molecule has 1 saturated heterocycles. The van der Waals surface area contributed by atoms with Crippen LogP contribution >= 0.6 is 0 Å². The third kappa shape index (κ3) is 9.00. The summed E-state index contributed by atoms with van der Waals surface area (Å²) >= 11 is 0. The maximum absolute atomic E-state index is 13.5. The molecule has 0 atom stereocenters. The number of nitrogens with zero attached hydrogens (tertiary/aromatic N) is 4. The summed E-state index contributed by atoms with van der Waals surface area (Å²) in [6, 6.07) is 4.38. The zero-order chi connectivity index (χ0) is 31.7. The molecule has 1 aromatic heterocycles. The van der Waals surface area contributed by atoms with Gasteiger partial charge in [-0.2, -0.15) is 44.6 Å². The molecule has 0 radical (unpaired) electrons. The maximum atomic E-state index is 13.5. The minimum Gasteiger partial charge on any atom is -0.459 e. The first-order valence-electron chi connectivity index (χ1n) is 12.4. The Balaban J connectivity index is 1.74. The zero-order valence-corrected chi connectivity index (χ0v) is 22.5. The number of esters is 1. The van der Waals surface area contributed by atoms with Gasteiger partial charge in [-0.3, -0.25) is 14.4 Å². The Morgan fingerprint density at radius 2 is 1.50 bits per heavy atom. The standard InChI is InChI=1S/C25H27F9N4O4/c1-22(2,3)42-19(39)14-38-7-6-18(35-38)17-12-16(23(26,27)28)5-4-15(17)13-36-8-10-37(11-9-36)21(40)41-20(24(29,30)31)25(32,33)34/h4-7,12,20H,8-11,13-14H2,1-3H3. The lowest BCUT2D eigenvalue weighted by Crippen LogP contribution is -2.52. The van der Waals surface area contributed by atoms with Crippen LogP contribution in [0.5, 0.6) is 0 Å². The third-order valence-corrected chi connectivity index (χ3v) is 5.90. The maximum Gasteiger partial charge on any atom is 0.434 e. The molecule has 3 rings (SSSR count). The van der Waals surface area contributed by atoms with Crippen LogP contribution in [0.1, 0.15) is 31.9 Å². The van der Waals surface area contributed by atoms with Crippen LogP contribution in [-0.2, 0) is 33.5 Å². The van der Waals surface area contributed by atoms with Gasteiger partial charge >= 0.3 is 30.6 Å². The van der Waals surface area contributed by atoms with Crippen molar-refractivity contribution in [2.45, 2.75) is 64.1 Å². The number of carbonyl (C=O) groups is 2. The number of benzene rings is 1. The van der Waals surface area contributed by atoms with E-state index < -0.39 is 47.9 Å². The van der Waals surface area contributed by atoms with Gasteiger partial charge in [0.2, 0.25) is 0 Å². The van der Waals surface area contributed by atoms with E-state index in [9.17, 15) is 49.1 Å². The molecule has 2 heterocycles. The van der Waals surface area contributed by atoms with Crippen molar-refractivity contribution < 1.29 is 58.6 Å². The second-order valence-corrected chi connectivity index (χ2v) is 10.5. The van der Waals surface area contributed by atoms with E-state index in [1.54, 1.807) is 25.7 Å². The number of rotatable bonds is 6. The Morgan fingerprint density at radius 3 is 2.02 bits per heavy atom. The summed E-state index contributed by atoms with van der Waals surface area (Å²) in [7, 11) is 0. The summed E-state index contributed by atoms with van der Waals surface area (Å²) in [4.78, 5) is 26.5. The van der Waals surface area contributed by atoms with Crippen molar-refractivity contribution in [2.75, 3.05) is 26.2 Å². The lowest BCUT2D eigenvalue weighted by Gasteiger charge is -2.35. The second kappa shape index (κ2) is 12.0. The van der Waals surface area contributed by atoms with Crippen LogP contribution < -0.4 is 0 Å². The van der Waals surface area contributed by atoms with Crippen LogP contribution in [0.3, 0.4) is 0 Å². The number of ether oxygens (including phenoxy) is 2. The summed E-state index contributed by atoms with van der Waals surface area (Å²) < 4.78 is 127. The molecule has 0 spiro atoms. The molecule has 1 aliphatic heterocycles. The van der Waals surface area contributed by atoms with Gasteiger partial charge in [-0.15, -0.1) is 0 Å². The molecule has 0 N–H and O–H groups in total. The van der Waals surface area contributed by atoms with Gasteiger partial charge in [0.25, 0.3) is 6.10 Å². The van der Waals surface area contributed by atoms with Crippen molar-refractivity contribution >= 4 is 12.1 Å².